The van der Waals surface area contributed by atoms with Crippen molar-refractivity contribution in [3.8, 4) is 11.3 Å². The molecule has 0 saturated heterocycles. The summed E-state index contributed by atoms with van der Waals surface area (Å²) in [7, 11) is 1.83. The zero-order valence-corrected chi connectivity index (χ0v) is 10.5. The molecule has 0 amide bonds. The predicted octanol–water partition coefficient (Wildman–Crippen LogP) is 1.77. The Balaban J connectivity index is 2.32. The van der Waals surface area contributed by atoms with E-state index in [1.54, 1.807) is 15.0 Å². The number of halogens is 1. The molecule has 4 nitrogen and oxygen atoms in total. The number of imidazole rings is 1. The van der Waals surface area contributed by atoms with Gasteiger partial charge in [-0.3, -0.25) is 4.79 Å². The zero-order valence-electron chi connectivity index (χ0n) is 9.72. The smallest absolute Gasteiger partial charge is 0.312 e. The van der Waals surface area contributed by atoms with Crippen LogP contribution in [0.5, 0.6) is 0 Å². The van der Waals surface area contributed by atoms with Gasteiger partial charge in [0.2, 0.25) is 0 Å². The molecule has 0 aliphatic rings. The summed E-state index contributed by atoms with van der Waals surface area (Å²) >= 11 is 6.13. The number of nitrogens with zero attached hydrogens (tertiary/aromatic N) is 2. The van der Waals surface area contributed by atoms with Crippen LogP contribution in [0.25, 0.3) is 16.9 Å². The summed E-state index contributed by atoms with van der Waals surface area (Å²) in [5.41, 5.74) is 1.97. The molecule has 0 aliphatic carbocycles. The lowest BCUT2D eigenvalue weighted by Gasteiger charge is -2.02. The minimum absolute atomic E-state index is 0.139. The molecule has 2 aromatic heterocycles. The van der Waals surface area contributed by atoms with Crippen LogP contribution in [0, 0.1) is 0 Å². The Labute approximate surface area is 108 Å². The Bertz CT molecular complexity index is 788. The molecule has 3 rings (SSSR count). The highest BCUT2D eigenvalue weighted by molar-refractivity contribution is 6.33. The third-order valence-corrected chi connectivity index (χ3v) is 3.24. The summed E-state index contributed by atoms with van der Waals surface area (Å²) in [6.07, 6.45) is 5.53. The molecule has 0 unspecified atom stereocenters. The number of benzene rings is 1. The van der Waals surface area contributed by atoms with Crippen LogP contribution >= 0.6 is 11.6 Å². The first-order valence-electron chi connectivity index (χ1n) is 5.51. The average Bonchev–Trinajstić information content (AvgIpc) is 2.72. The second-order valence-corrected chi connectivity index (χ2v) is 4.52. The highest BCUT2D eigenvalue weighted by Crippen LogP contribution is 2.24. The van der Waals surface area contributed by atoms with E-state index in [2.05, 4.69) is 4.98 Å². The highest BCUT2D eigenvalue weighted by atomic mass is 35.5. The Morgan fingerprint density at radius 2 is 2.11 bits per heavy atom. The summed E-state index contributed by atoms with van der Waals surface area (Å²) < 4.78 is 3.56. The van der Waals surface area contributed by atoms with E-state index in [-0.39, 0.29) is 5.56 Å². The number of fused-ring (bicyclic) bond motifs is 1. The maximum atomic E-state index is 12.0. The lowest BCUT2D eigenvalue weighted by Crippen LogP contribution is -2.32. The van der Waals surface area contributed by atoms with E-state index < -0.39 is 0 Å². The van der Waals surface area contributed by atoms with Crippen molar-refractivity contribution in [1.29, 1.82) is 0 Å². The number of rotatable bonds is 1. The van der Waals surface area contributed by atoms with E-state index in [1.165, 1.54) is 0 Å². The molecule has 90 valence electrons. The van der Waals surface area contributed by atoms with Crippen LogP contribution in [0.15, 0.2) is 47.7 Å². The van der Waals surface area contributed by atoms with Crippen molar-refractivity contribution < 1.29 is 4.57 Å². The first kappa shape index (κ1) is 11.0. The zero-order chi connectivity index (χ0) is 12.7. The van der Waals surface area contributed by atoms with Gasteiger partial charge in [-0.15, -0.1) is 0 Å². The van der Waals surface area contributed by atoms with Crippen molar-refractivity contribution in [3.63, 3.8) is 0 Å². The Hall–Kier alpha value is -2.07. The van der Waals surface area contributed by atoms with Crippen molar-refractivity contribution in [3.05, 3.63) is 58.2 Å². The number of hydrogen-bond acceptors (Lipinski definition) is 1. The third kappa shape index (κ3) is 1.62. The van der Waals surface area contributed by atoms with E-state index >= 15 is 0 Å². The van der Waals surface area contributed by atoms with Crippen molar-refractivity contribution in [2.75, 3.05) is 0 Å². The topological polar surface area (TPSA) is 41.1 Å². The average molecular weight is 261 g/mol. The number of aromatic amines is 1. The fourth-order valence-corrected chi connectivity index (χ4v) is 2.28. The number of nitrogens with one attached hydrogen (secondary N) is 1. The Morgan fingerprint density at radius 1 is 1.33 bits per heavy atom. The minimum Gasteiger partial charge on any atom is -0.312 e. The molecule has 0 fully saturated rings. The van der Waals surface area contributed by atoms with Crippen LogP contribution in [-0.4, -0.2) is 9.38 Å². The molecule has 0 saturated carbocycles. The Morgan fingerprint density at radius 3 is 2.89 bits per heavy atom. The lowest BCUT2D eigenvalue weighted by molar-refractivity contribution is -0.645. The summed E-state index contributed by atoms with van der Waals surface area (Å²) in [6, 6.07) is 7.43. The summed E-state index contributed by atoms with van der Waals surface area (Å²) in [5.74, 6) is 0. The van der Waals surface area contributed by atoms with Gasteiger partial charge in [0, 0.05) is 5.56 Å². The molecule has 0 aliphatic heterocycles. The SMILES string of the molecule is C[n+]1ccn2cc(-c3ccccc3Cl)[nH]c(=O)c21. The summed E-state index contributed by atoms with van der Waals surface area (Å²) in [6.45, 7) is 0. The molecule has 1 N–H and O–H groups in total. The summed E-state index contributed by atoms with van der Waals surface area (Å²) in [5, 5.41) is 0.615. The first-order valence-corrected chi connectivity index (χ1v) is 5.89. The molecular formula is C13H11ClN3O+. The molecule has 2 heterocycles. The number of hydrogen-bond donors (Lipinski definition) is 1. The van der Waals surface area contributed by atoms with Gasteiger partial charge in [0.15, 0.2) is 0 Å². The molecule has 0 spiro atoms. The molecule has 5 heteroatoms. The summed E-state index contributed by atoms with van der Waals surface area (Å²) in [4.78, 5) is 14.9. The molecule has 0 atom stereocenters. The van der Waals surface area contributed by atoms with E-state index in [9.17, 15) is 4.79 Å². The van der Waals surface area contributed by atoms with E-state index in [4.69, 9.17) is 11.6 Å². The maximum absolute atomic E-state index is 12.0. The maximum Gasteiger partial charge on any atom is 0.352 e. The quantitative estimate of drug-likeness (QED) is 0.666. The second-order valence-electron chi connectivity index (χ2n) is 4.12. The van der Waals surface area contributed by atoms with E-state index in [0.29, 0.717) is 16.4 Å². The number of aryl methyl sites for hydroxylation is 1. The fourth-order valence-electron chi connectivity index (χ4n) is 2.04. The van der Waals surface area contributed by atoms with Gasteiger partial charge in [-0.25, -0.2) is 4.57 Å². The highest BCUT2D eigenvalue weighted by Gasteiger charge is 2.14. The van der Waals surface area contributed by atoms with Crippen LogP contribution in [0.3, 0.4) is 0 Å². The first-order chi connectivity index (χ1) is 8.66. The van der Waals surface area contributed by atoms with Crippen LogP contribution in [-0.2, 0) is 7.05 Å². The van der Waals surface area contributed by atoms with Gasteiger partial charge < -0.3 is 4.98 Å². The van der Waals surface area contributed by atoms with Gasteiger partial charge in [0.05, 0.1) is 17.8 Å². The van der Waals surface area contributed by atoms with Gasteiger partial charge in [-0.05, 0) is 6.07 Å². The molecule has 0 bridgehead atoms. The van der Waals surface area contributed by atoms with Gasteiger partial charge in [-0.2, -0.15) is 4.40 Å². The van der Waals surface area contributed by atoms with Crippen LogP contribution in [0.1, 0.15) is 0 Å². The predicted molar refractivity (Wildman–Crippen MR) is 69.6 cm³/mol. The molecule has 3 aromatic rings. The van der Waals surface area contributed by atoms with Gasteiger partial charge in [0.25, 0.3) is 0 Å². The standard InChI is InChI=1S/C13H10ClN3O/c1-16-6-7-17-8-11(15-12(18)13(16)17)9-4-2-3-5-10(9)14/h2-8H,1H3/p+1. The van der Waals surface area contributed by atoms with Gasteiger partial charge in [0.1, 0.15) is 18.6 Å². The van der Waals surface area contributed by atoms with Crippen molar-refractivity contribution in [2.24, 2.45) is 7.05 Å². The van der Waals surface area contributed by atoms with Crippen LogP contribution in [0.4, 0.5) is 0 Å². The van der Waals surface area contributed by atoms with Crippen LogP contribution < -0.4 is 10.1 Å². The van der Waals surface area contributed by atoms with Crippen LogP contribution in [0.2, 0.25) is 5.02 Å². The fraction of sp³-hybridized carbons (Fsp3) is 0.0769. The largest absolute Gasteiger partial charge is 0.352 e. The Kier molecular flexibility index (Phi) is 2.45. The van der Waals surface area contributed by atoms with E-state index in [1.807, 2.05) is 43.8 Å². The van der Waals surface area contributed by atoms with Crippen molar-refractivity contribution in [1.82, 2.24) is 9.38 Å². The van der Waals surface area contributed by atoms with Gasteiger partial charge in [-0.1, -0.05) is 29.8 Å². The van der Waals surface area contributed by atoms with Crippen molar-refractivity contribution in [2.45, 2.75) is 0 Å². The number of aromatic nitrogens is 3. The molecular weight excluding hydrogens is 250 g/mol. The number of H-pyrrole nitrogens is 1. The van der Waals surface area contributed by atoms with E-state index in [0.717, 1.165) is 5.56 Å². The second kappa shape index (κ2) is 3.99. The molecule has 18 heavy (non-hydrogen) atoms. The molecule has 1 aromatic carbocycles. The normalized spacial score (nSPS) is 11.0. The minimum atomic E-state index is -0.139. The lowest BCUT2D eigenvalue weighted by atomic mass is 10.1. The molecule has 0 radical (unpaired) electrons. The van der Waals surface area contributed by atoms with Crippen molar-refractivity contribution >= 4 is 17.2 Å². The van der Waals surface area contributed by atoms with Gasteiger partial charge >= 0.3 is 11.2 Å². The monoisotopic (exact) mass is 260 g/mol. The third-order valence-electron chi connectivity index (χ3n) is 2.91.